The van der Waals surface area contributed by atoms with Gasteiger partial charge in [-0.3, -0.25) is 0 Å². The van der Waals surface area contributed by atoms with Gasteiger partial charge in [0.25, 0.3) is 10.0 Å². The molecule has 0 aliphatic heterocycles. The van der Waals surface area contributed by atoms with E-state index >= 15 is 0 Å². The van der Waals surface area contributed by atoms with Crippen molar-refractivity contribution in [2.45, 2.75) is 18.7 Å². The van der Waals surface area contributed by atoms with Gasteiger partial charge in [0.1, 0.15) is 11.8 Å². The van der Waals surface area contributed by atoms with Gasteiger partial charge in [-0.15, -0.1) is 0 Å². The fourth-order valence-electron chi connectivity index (χ4n) is 2.16. The molecule has 0 spiro atoms. The molecule has 0 saturated carbocycles. The number of rotatable bonds is 3. The monoisotopic (exact) mass is 313 g/mol. The average Bonchev–Trinajstić information content (AvgIpc) is 2.88. The zero-order valence-corrected chi connectivity index (χ0v) is 13.1. The average molecular weight is 313 g/mol. The molecule has 0 amide bonds. The molecule has 2 aromatic carbocycles. The van der Waals surface area contributed by atoms with Gasteiger partial charge >= 0.3 is 0 Å². The van der Waals surface area contributed by atoms with Crippen LogP contribution in [-0.4, -0.2) is 14.6 Å². The molecule has 3 aromatic rings. The van der Waals surface area contributed by atoms with Crippen molar-refractivity contribution in [3.8, 4) is 0 Å². The van der Waals surface area contributed by atoms with Gasteiger partial charge < -0.3 is 4.42 Å². The summed E-state index contributed by atoms with van der Waals surface area (Å²) in [5.74, 6) is 0. The van der Waals surface area contributed by atoms with Gasteiger partial charge in [0.2, 0.25) is 0 Å². The topological polar surface area (TPSA) is 59.6 Å². The lowest BCUT2D eigenvalue weighted by Gasteiger charge is -1.99. The van der Waals surface area contributed by atoms with E-state index < -0.39 is 10.0 Å². The molecule has 112 valence electrons. The minimum atomic E-state index is -3.70. The van der Waals surface area contributed by atoms with Gasteiger partial charge in [0.15, 0.2) is 0 Å². The Kier molecular flexibility index (Phi) is 3.58. The Morgan fingerprint density at radius 1 is 1.00 bits per heavy atom. The molecular weight excluding hydrogens is 298 g/mol. The van der Waals surface area contributed by atoms with E-state index in [4.69, 9.17) is 4.42 Å². The van der Waals surface area contributed by atoms with Gasteiger partial charge in [0.05, 0.1) is 11.1 Å². The van der Waals surface area contributed by atoms with Crippen molar-refractivity contribution < 1.29 is 12.8 Å². The summed E-state index contributed by atoms with van der Waals surface area (Å²) in [6.07, 6.45) is 2.85. The van der Waals surface area contributed by atoms with E-state index in [2.05, 4.69) is 4.40 Å². The molecule has 0 saturated heterocycles. The van der Waals surface area contributed by atoms with E-state index in [1.165, 1.54) is 12.5 Å². The third-order valence-corrected chi connectivity index (χ3v) is 4.66. The highest BCUT2D eigenvalue weighted by Crippen LogP contribution is 2.22. The smallest absolute Gasteiger partial charge is 0.282 e. The number of fused-ring (bicyclic) bond motifs is 1. The summed E-state index contributed by atoms with van der Waals surface area (Å²) in [6, 6.07) is 12.3. The van der Waals surface area contributed by atoms with E-state index in [0.717, 1.165) is 16.5 Å². The number of hydrogen-bond acceptors (Lipinski definition) is 3. The van der Waals surface area contributed by atoms with Gasteiger partial charge in [-0.1, -0.05) is 29.3 Å². The maximum atomic E-state index is 12.2. The Morgan fingerprint density at radius 2 is 1.68 bits per heavy atom. The van der Waals surface area contributed by atoms with Crippen LogP contribution in [0.2, 0.25) is 0 Å². The first-order valence-corrected chi connectivity index (χ1v) is 8.24. The second kappa shape index (κ2) is 5.42. The van der Waals surface area contributed by atoms with Crippen LogP contribution in [0.4, 0.5) is 0 Å². The minimum absolute atomic E-state index is 0.179. The summed E-state index contributed by atoms with van der Waals surface area (Å²) in [6.45, 7) is 3.87. The summed E-state index contributed by atoms with van der Waals surface area (Å²) in [4.78, 5) is 0.179. The number of aryl methyl sites for hydroxylation is 2. The van der Waals surface area contributed by atoms with Crippen molar-refractivity contribution in [2.75, 3.05) is 0 Å². The molecule has 0 unspecified atom stereocenters. The van der Waals surface area contributed by atoms with Crippen molar-refractivity contribution in [2.24, 2.45) is 4.40 Å². The predicted molar refractivity (Wildman–Crippen MR) is 86.9 cm³/mol. The van der Waals surface area contributed by atoms with E-state index in [0.29, 0.717) is 11.1 Å². The van der Waals surface area contributed by atoms with Crippen LogP contribution in [0.1, 0.15) is 16.7 Å². The third-order valence-electron chi connectivity index (χ3n) is 3.41. The maximum Gasteiger partial charge on any atom is 0.282 e. The lowest BCUT2D eigenvalue weighted by atomic mass is 10.1. The number of sulfonamides is 1. The van der Waals surface area contributed by atoms with E-state index in [1.54, 1.807) is 24.3 Å². The van der Waals surface area contributed by atoms with Crippen LogP contribution in [0.15, 0.2) is 62.4 Å². The van der Waals surface area contributed by atoms with Gasteiger partial charge in [-0.05, 0) is 38.1 Å². The fourth-order valence-corrected chi connectivity index (χ4v) is 3.01. The van der Waals surface area contributed by atoms with Crippen LogP contribution in [-0.2, 0) is 10.0 Å². The highest BCUT2D eigenvalue weighted by Gasteiger charge is 2.12. The lowest BCUT2D eigenvalue weighted by Crippen LogP contribution is -1.97. The molecule has 0 aliphatic rings. The number of furan rings is 1. The molecule has 22 heavy (non-hydrogen) atoms. The van der Waals surface area contributed by atoms with Crippen LogP contribution in [0.25, 0.3) is 11.0 Å². The quantitative estimate of drug-likeness (QED) is 0.690. The van der Waals surface area contributed by atoms with Crippen LogP contribution in [0.5, 0.6) is 0 Å². The zero-order valence-electron chi connectivity index (χ0n) is 12.3. The minimum Gasteiger partial charge on any atom is -0.464 e. The third kappa shape index (κ3) is 2.80. The highest BCUT2D eigenvalue weighted by atomic mass is 32.2. The van der Waals surface area contributed by atoms with Crippen molar-refractivity contribution in [3.05, 3.63) is 65.4 Å². The molecule has 0 N–H and O–H groups in total. The number of hydrogen-bond donors (Lipinski definition) is 0. The molecule has 0 atom stereocenters. The second-order valence-electron chi connectivity index (χ2n) is 5.21. The van der Waals surface area contributed by atoms with Gasteiger partial charge in [0, 0.05) is 10.9 Å². The Bertz CT molecular complexity index is 951. The Morgan fingerprint density at radius 3 is 2.41 bits per heavy atom. The maximum absolute atomic E-state index is 12.2. The van der Waals surface area contributed by atoms with Crippen LogP contribution in [0, 0.1) is 13.8 Å². The standard InChI is InChI=1S/C17H15NO3S/c1-12-3-6-15(7-4-12)22(19,20)18-10-14-11-21-17-8-5-13(2)9-16(14)17/h3-11H,1-2H3/b18-10+. The largest absolute Gasteiger partial charge is 0.464 e. The van der Waals surface area contributed by atoms with Crippen LogP contribution in [0.3, 0.4) is 0 Å². The summed E-state index contributed by atoms with van der Waals surface area (Å²) in [7, 11) is -3.70. The zero-order chi connectivity index (χ0) is 15.7. The molecule has 5 heteroatoms. The first kappa shape index (κ1) is 14.5. The van der Waals surface area contributed by atoms with E-state index in [-0.39, 0.29) is 4.90 Å². The molecule has 4 nitrogen and oxygen atoms in total. The molecule has 3 rings (SSSR count). The fraction of sp³-hybridized carbons (Fsp3) is 0.118. The molecule has 0 fully saturated rings. The second-order valence-corrected chi connectivity index (χ2v) is 6.85. The highest BCUT2D eigenvalue weighted by molar-refractivity contribution is 7.90. The Labute approximate surface area is 129 Å². The molecule has 1 aromatic heterocycles. The van der Waals surface area contributed by atoms with E-state index in [9.17, 15) is 8.42 Å². The van der Waals surface area contributed by atoms with Gasteiger partial charge in [-0.25, -0.2) is 0 Å². The normalized spacial score (nSPS) is 12.3. The predicted octanol–water partition coefficient (Wildman–Crippen LogP) is 3.86. The molecular formula is C17H15NO3S. The summed E-state index contributed by atoms with van der Waals surface area (Å²) >= 11 is 0. The Hall–Kier alpha value is -2.40. The van der Waals surface area contributed by atoms with Gasteiger partial charge in [-0.2, -0.15) is 12.8 Å². The number of nitrogens with zero attached hydrogens (tertiary/aromatic N) is 1. The van der Waals surface area contributed by atoms with Crippen molar-refractivity contribution in [1.29, 1.82) is 0 Å². The molecule has 0 radical (unpaired) electrons. The summed E-state index contributed by atoms with van der Waals surface area (Å²) in [5, 5.41) is 0.850. The van der Waals surface area contributed by atoms with Crippen molar-refractivity contribution in [3.63, 3.8) is 0 Å². The molecule has 1 heterocycles. The van der Waals surface area contributed by atoms with E-state index in [1.807, 2.05) is 32.0 Å². The Balaban J connectivity index is 1.98. The number of benzene rings is 2. The lowest BCUT2D eigenvalue weighted by molar-refractivity contribution is 0.598. The van der Waals surface area contributed by atoms with Crippen molar-refractivity contribution >= 4 is 27.2 Å². The molecule has 0 aliphatic carbocycles. The first-order valence-electron chi connectivity index (χ1n) is 6.80. The first-order chi connectivity index (χ1) is 10.5. The summed E-state index contributed by atoms with van der Waals surface area (Å²) in [5.41, 5.74) is 3.43. The summed E-state index contributed by atoms with van der Waals surface area (Å²) < 4.78 is 33.6. The SMILES string of the molecule is Cc1ccc(S(=O)(=O)/N=C/c2coc3ccc(C)cc23)cc1. The van der Waals surface area contributed by atoms with Crippen LogP contribution >= 0.6 is 0 Å². The van der Waals surface area contributed by atoms with Crippen molar-refractivity contribution in [1.82, 2.24) is 0 Å². The van der Waals surface area contributed by atoms with Crippen LogP contribution < -0.4 is 0 Å². The molecule has 0 bridgehead atoms.